The van der Waals surface area contributed by atoms with Crippen molar-refractivity contribution in [3.8, 4) is 11.5 Å². The maximum atomic E-state index is 6.14. The zero-order valence-electron chi connectivity index (χ0n) is 12.6. The predicted octanol–water partition coefficient (Wildman–Crippen LogP) is 6.56. The molecule has 0 amide bonds. The Kier molecular flexibility index (Phi) is 5.18. The average molecular weight is 323 g/mol. The van der Waals surface area contributed by atoms with Crippen molar-refractivity contribution < 1.29 is 4.74 Å². The summed E-state index contributed by atoms with van der Waals surface area (Å²) in [6.45, 7) is 6.69. The smallest absolute Gasteiger partial charge is 0.128 e. The number of rotatable bonds is 5. The van der Waals surface area contributed by atoms with Crippen LogP contribution in [0.5, 0.6) is 11.5 Å². The zero-order chi connectivity index (χ0) is 15.5. The van der Waals surface area contributed by atoms with Gasteiger partial charge in [-0.05, 0) is 47.2 Å². The van der Waals surface area contributed by atoms with Crippen LogP contribution in [0, 0.1) is 0 Å². The highest BCUT2D eigenvalue weighted by Gasteiger charge is 2.17. The van der Waals surface area contributed by atoms with Crippen LogP contribution in [-0.4, -0.2) is 0 Å². The minimum Gasteiger partial charge on any atom is -0.457 e. The lowest BCUT2D eigenvalue weighted by molar-refractivity contribution is 0.478. The Morgan fingerprint density at radius 1 is 1.00 bits per heavy atom. The predicted molar refractivity (Wildman–Crippen MR) is 90.8 cm³/mol. The van der Waals surface area contributed by atoms with Crippen molar-refractivity contribution in [2.45, 2.75) is 38.5 Å². The van der Waals surface area contributed by atoms with Gasteiger partial charge < -0.3 is 4.74 Å². The molecular weight excluding hydrogens is 303 g/mol. The lowest BCUT2D eigenvalue weighted by Crippen LogP contribution is -2.14. The Balaban J connectivity index is 2.15. The minimum atomic E-state index is 0.184. The highest BCUT2D eigenvalue weighted by molar-refractivity contribution is 6.32. The minimum absolute atomic E-state index is 0.184. The number of hydrogen-bond acceptors (Lipinski definition) is 1. The molecule has 0 saturated carbocycles. The zero-order valence-corrected chi connectivity index (χ0v) is 14.1. The van der Waals surface area contributed by atoms with Crippen molar-refractivity contribution in [2.24, 2.45) is 0 Å². The van der Waals surface area contributed by atoms with E-state index in [0.717, 1.165) is 23.5 Å². The maximum absolute atomic E-state index is 6.14. The summed E-state index contributed by atoms with van der Waals surface area (Å²) in [5.41, 5.74) is 2.41. The van der Waals surface area contributed by atoms with E-state index in [4.69, 9.17) is 27.9 Å². The fourth-order valence-electron chi connectivity index (χ4n) is 2.01. The summed E-state index contributed by atoms with van der Waals surface area (Å²) < 4.78 is 5.83. The summed E-state index contributed by atoms with van der Waals surface area (Å²) in [6, 6.07) is 13.8. The van der Waals surface area contributed by atoms with E-state index in [2.05, 4.69) is 32.9 Å². The van der Waals surface area contributed by atoms with E-state index < -0.39 is 0 Å². The van der Waals surface area contributed by atoms with Crippen molar-refractivity contribution in [1.82, 2.24) is 0 Å². The van der Waals surface area contributed by atoms with Gasteiger partial charge in [0.25, 0.3) is 0 Å². The first-order chi connectivity index (χ1) is 9.96. The topological polar surface area (TPSA) is 9.23 Å². The van der Waals surface area contributed by atoms with E-state index in [1.54, 1.807) is 6.07 Å². The van der Waals surface area contributed by atoms with Crippen LogP contribution in [0.15, 0.2) is 42.5 Å². The lowest BCUT2D eigenvalue weighted by atomic mass is 9.82. The monoisotopic (exact) mass is 322 g/mol. The van der Waals surface area contributed by atoms with Crippen molar-refractivity contribution in [2.75, 3.05) is 0 Å². The third kappa shape index (κ3) is 3.93. The highest BCUT2D eigenvalue weighted by atomic mass is 35.5. The van der Waals surface area contributed by atoms with Crippen LogP contribution in [0.4, 0.5) is 0 Å². The number of halogens is 2. The Labute approximate surface area is 136 Å². The second-order valence-corrected chi connectivity index (χ2v) is 6.43. The molecule has 0 bridgehead atoms. The van der Waals surface area contributed by atoms with Gasteiger partial charge in [0.2, 0.25) is 0 Å². The van der Waals surface area contributed by atoms with Gasteiger partial charge in [0, 0.05) is 10.9 Å². The molecule has 0 N–H and O–H groups in total. The van der Waals surface area contributed by atoms with Crippen LogP contribution < -0.4 is 4.74 Å². The van der Waals surface area contributed by atoms with Gasteiger partial charge in [0.1, 0.15) is 11.5 Å². The van der Waals surface area contributed by atoms with Gasteiger partial charge in [-0.2, -0.15) is 0 Å². The molecule has 2 aromatic carbocycles. The van der Waals surface area contributed by atoms with E-state index in [0.29, 0.717) is 10.9 Å². The van der Waals surface area contributed by atoms with E-state index in [1.165, 1.54) is 5.56 Å². The van der Waals surface area contributed by atoms with Crippen molar-refractivity contribution in [3.63, 3.8) is 0 Å². The molecule has 0 aliphatic heterocycles. The highest BCUT2D eigenvalue weighted by Crippen LogP contribution is 2.31. The van der Waals surface area contributed by atoms with Crippen LogP contribution in [0.3, 0.4) is 0 Å². The summed E-state index contributed by atoms with van der Waals surface area (Å²) in [6.07, 6.45) is 1.10. The Morgan fingerprint density at radius 3 is 2.14 bits per heavy atom. The summed E-state index contributed by atoms with van der Waals surface area (Å²) in [7, 11) is 0. The van der Waals surface area contributed by atoms with Crippen molar-refractivity contribution >= 4 is 23.2 Å². The second kappa shape index (κ2) is 6.72. The Bertz CT molecular complexity index is 603. The number of benzene rings is 2. The molecule has 0 fully saturated rings. The van der Waals surface area contributed by atoms with E-state index in [9.17, 15) is 0 Å². The van der Waals surface area contributed by atoms with Gasteiger partial charge >= 0.3 is 0 Å². The van der Waals surface area contributed by atoms with E-state index in [-0.39, 0.29) is 5.41 Å². The third-order valence-corrected chi connectivity index (χ3v) is 4.56. The molecular formula is C18H20Cl2O. The molecule has 2 aromatic rings. The Hall–Kier alpha value is -1.18. The lowest BCUT2D eigenvalue weighted by Gasteiger charge is -2.23. The number of alkyl halides is 1. The van der Waals surface area contributed by atoms with Gasteiger partial charge in [-0.3, -0.25) is 0 Å². The molecule has 0 spiro atoms. The standard InChI is InChI=1S/C18H20Cl2O/c1-4-18(2,3)14-6-9-15(10-7-14)21-16-8-5-13(12-19)17(20)11-16/h5-11H,4,12H2,1-3H3. The molecule has 112 valence electrons. The molecule has 0 aliphatic rings. The normalized spacial score (nSPS) is 11.5. The fourth-order valence-corrected chi connectivity index (χ4v) is 2.55. The molecule has 2 rings (SSSR count). The fraction of sp³-hybridized carbons (Fsp3) is 0.333. The average Bonchev–Trinajstić information content (AvgIpc) is 2.48. The van der Waals surface area contributed by atoms with Gasteiger partial charge in [0.05, 0.1) is 0 Å². The summed E-state index contributed by atoms with van der Waals surface area (Å²) in [5.74, 6) is 1.93. The number of ether oxygens (including phenoxy) is 1. The molecule has 1 nitrogen and oxygen atoms in total. The molecule has 0 heterocycles. The second-order valence-electron chi connectivity index (χ2n) is 5.75. The quantitative estimate of drug-likeness (QED) is 0.566. The largest absolute Gasteiger partial charge is 0.457 e. The molecule has 0 aliphatic carbocycles. The van der Waals surface area contributed by atoms with Gasteiger partial charge in [0.15, 0.2) is 0 Å². The molecule has 0 radical (unpaired) electrons. The molecule has 21 heavy (non-hydrogen) atoms. The molecule has 0 aromatic heterocycles. The van der Waals surface area contributed by atoms with Crippen LogP contribution in [0.25, 0.3) is 0 Å². The summed E-state index contributed by atoms with van der Waals surface area (Å²) in [5, 5.41) is 0.631. The van der Waals surface area contributed by atoms with Gasteiger partial charge in [-0.25, -0.2) is 0 Å². The van der Waals surface area contributed by atoms with Crippen LogP contribution in [0.2, 0.25) is 5.02 Å². The Morgan fingerprint density at radius 2 is 1.62 bits per heavy atom. The first-order valence-corrected chi connectivity index (χ1v) is 8.00. The maximum Gasteiger partial charge on any atom is 0.128 e. The summed E-state index contributed by atoms with van der Waals surface area (Å²) in [4.78, 5) is 0. The number of hydrogen-bond donors (Lipinski definition) is 0. The van der Waals surface area contributed by atoms with Crippen LogP contribution >= 0.6 is 23.2 Å². The van der Waals surface area contributed by atoms with Crippen molar-refractivity contribution in [1.29, 1.82) is 0 Å². The molecule has 0 saturated heterocycles. The van der Waals surface area contributed by atoms with Gasteiger partial charge in [-0.1, -0.05) is 50.6 Å². The third-order valence-electron chi connectivity index (χ3n) is 3.92. The van der Waals surface area contributed by atoms with Crippen LogP contribution in [0.1, 0.15) is 38.3 Å². The van der Waals surface area contributed by atoms with Crippen molar-refractivity contribution in [3.05, 3.63) is 58.6 Å². The van der Waals surface area contributed by atoms with E-state index in [1.807, 2.05) is 24.3 Å². The molecule has 0 atom stereocenters. The SMILES string of the molecule is CCC(C)(C)c1ccc(Oc2ccc(CCl)c(Cl)c2)cc1. The molecule has 0 unspecified atom stereocenters. The molecule has 3 heteroatoms. The van der Waals surface area contributed by atoms with E-state index >= 15 is 0 Å². The summed E-state index contributed by atoms with van der Waals surface area (Å²) >= 11 is 11.9. The first kappa shape index (κ1) is 16.2. The van der Waals surface area contributed by atoms with Gasteiger partial charge in [-0.15, -0.1) is 11.6 Å². The first-order valence-electron chi connectivity index (χ1n) is 7.09. The van der Waals surface area contributed by atoms with Crippen LogP contribution in [-0.2, 0) is 11.3 Å².